The van der Waals surface area contributed by atoms with E-state index in [-0.39, 0.29) is 11.9 Å². The zero-order valence-electron chi connectivity index (χ0n) is 12.5. The summed E-state index contributed by atoms with van der Waals surface area (Å²) in [6, 6.07) is 0.271. The van der Waals surface area contributed by atoms with E-state index in [2.05, 4.69) is 20.2 Å². The van der Waals surface area contributed by atoms with Crippen LogP contribution in [0.15, 0.2) is 6.20 Å². The second kappa shape index (κ2) is 6.49. The van der Waals surface area contributed by atoms with Crippen molar-refractivity contribution in [1.82, 2.24) is 20.2 Å². The fourth-order valence-electron chi connectivity index (χ4n) is 2.91. The molecule has 3 rings (SSSR count). The lowest BCUT2D eigenvalue weighted by molar-refractivity contribution is -0.123. The van der Waals surface area contributed by atoms with Gasteiger partial charge in [0.1, 0.15) is 5.82 Å². The van der Waals surface area contributed by atoms with Gasteiger partial charge in [0.15, 0.2) is 0 Å². The lowest BCUT2D eigenvalue weighted by Crippen LogP contribution is -2.45. The van der Waals surface area contributed by atoms with Gasteiger partial charge in [0.25, 0.3) is 0 Å². The standard InChI is InChI=1S/C15H22N4O2/c1-11-16-8-12-2-5-19(9-14(12)17-11)10-15(20)18-13-3-6-21-7-4-13/h8,13H,2-7,9-10H2,1H3,(H,18,20). The Labute approximate surface area is 124 Å². The van der Waals surface area contributed by atoms with E-state index in [1.165, 1.54) is 5.56 Å². The first kappa shape index (κ1) is 14.4. The largest absolute Gasteiger partial charge is 0.381 e. The Hall–Kier alpha value is -1.53. The molecular formula is C15H22N4O2. The number of ether oxygens (including phenoxy) is 1. The molecule has 114 valence electrons. The fourth-order valence-corrected chi connectivity index (χ4v) is 2.91. The Morgan fingerprint density at radius 3 is 3.10 bits per heavy atom. The maximum absolute atomic E-state index is 12.1. The van der Waals surface area contributed by atoms with Gasteiger partial charge in [0.05, 0.1) is 12.2 Å². The highest BCUT2D eigenvalue weighted by atomic mass is 16.5. The Balaban J connectivity index is 1.53. The molecule has 0 atom stereocenters. The van der Waals surface area contributed by atoms with Crippen molar-refractivity contribution in [3.8, 4) is 0 Å². The molecule has 6 nitrogen and oxygen atoms in total. The van der Waals surface area contributed by atoms with E-state index in [1.807, 2.05) is 13.1 Å². The topological polar surface area (TPSA) is 67.4 Å². The third kappa shape index (κ3) is 3.77. The fraction of sp³-hybridized carbons (Fsp3) is 0.667. The maximum atomic E-state index is 12.1. The molecule has 0 unspecified atom stereocenters. The third-order valence-corrected chi connectivity index (χ3v) is 4.10. The number of rotatable bonds is 3. The Morgan fingerprint density at radius 2 is 2.29 bits per heavy atom. The molecule has 21 heavy (non-hydrogen) atoms. The quantitative estimate of drug-likeness (QED) is 0.875. The van der Waals surface area contributed by atoms with Crippen molar-refractivity contribution in [2.24, 2.45) is 0 Å². The van der Waals surface area contributed by atoms with Crippen LogP contribution in [0.5, 0.6) is 0 Å². The van der Waals surface area contributed by atoms with Gasteiger partial charge in [-0.25, -0.2) is 9.97 Å². The van der Waals surface area contributed by atoms with Crippen LogP contribution in [0.2, 0.25) is 0 Å². The SMILES string of the molecule is Cc1ncc2c(n1)CN(CC(=O)NC1CCOCC1)CC2. The number of amides is 1. The van der Waals surface area contributed by atoms with Crippen LogP contribution < -0.4 is 5.32 Å². The van der Waals surface area contributed by atoms with Crippen LogP contribution in [-0.2, 0) is 22.5 Å². The number of aryl methyl sites for hydroxylation is 1. The molecule has 6 heteroatoms. The smallest absolute Gasteiger partial charge is 0.234 e. The van der Waals surface area contributed by atoms with Gasteiger partial charge in [-0.15, -0.1) is 0 Å². The molecule has 1 amide bonds. The summed E-state index contributed by atoms with van der Waals surface area (Å²) in [6.45, 7) is 5.47. The van der Waals surface area contributed by atoms with Gasteiger partial charge in [0.2, 0.25) is 5.91 Å². The van der Waals surface area contributed by atoms with E-state index >= 15 is 0 Å². The Kier molecular flexibility index (Phi) is 4.45. The van der Waals surface area contributed by atoms with E-state index in [0.717, 1.165) is 57.1 Å². The normalized spacial score (nSPS) is 20.0. The summed E-state index contributed by atoms with van der Waals surface area (Å²) in [6.07, 6.45) is 4.67. The van der Waals surface area contributed by atoms with Gasteiger partial charge in [-0.2, -0.15) is 0 Å². The minimum Gasteiger partial charge on any atom is -0.381 e. The highest BCUT2D eigenvalue weighted by Gasteiger charge is 2.22. The first-order valence-corrected chi connectivity index (χ1v) is 7.61. The lowest BCUT2D eigenvalue weighted by Gasteiger charge is -2.29. The minimum atomic E-state index is 0.108. The first-order valence-electron chi connectivity index (χ1n) is 7.61. The Morgan fingerprint density at radius 1 is 1.48 bits per heavy atom. The number of aromatic nitrogens is 2. The summed E-state index contributed by atoms with van der Waals surface area (Å²) in [7, 11) is 0. The van der Waals surface area contributed by atoms with Crippen LogP contribution in [0.3, 0.4) is 0 Å². The second-order valence-electron chi connectivity index (χ2n) is 5.80. The summed E-state index contributed by atoms with van der Waals surface area (Å²) in [5.41, 5.74) is 2.27. The molecule has 0 aromatic carbocycles. The molecule has 1 fully saturated rings. The van der Waals surface area contributed by atoms with E-state index in [4.69, 9.17) is 4.74 Å². The van der Waals surface area contributed by atoms with Crippen molar-refractivity contribution < 1.29 is 9.53 Å². The molecule has 0 saturated carbocycles. The van der Waals surface area contributed by atoms with Gasteiger partial charge in [-0.05, 0) is 31.7 Å². The van der Waals surface area contributed by atoms with Crippen LogP contribution in [0.4, 0.5) is 0 Å². The summed E-state index contributed by atoms with van der Waals surface area (Å²) < 4.78 is 5.31. The van der Waals surface area contributed by atoms with Crippen molar-refractivity contribution in [3.05, 3.63) is 23.3 Å². The molecule has 1 aromatic heterocycles. The van der Waals surface area contributed by atoms with Crippen LogP contribution in [0.1, 0.15) is 29.9 Å². The second-order valence-corrected chi connectivity index (χ2v) is 5.80. The highest BCUT2D eigenvalue weighted by Crippen LogP contribution is 2.16. The molecule has 2 aliphatic rings. The number of carbonyl (C=O) groups excluding carboxylic acids is 1. The number of nitrogens with zero attached hydrogens (tertiary/aromatic N) is 3. The van der Waals surface area contributed by atoms with Gasteiger partial charge in [0, 0.05) is 38.5 Å². The van der Waals surface area contributed by atoms with Gasteiger partial charge >= 0.3 is 0 Å². The molecule has 0 bridgehead atoms. The maximum Gasteiger partial charge on any atom is 0.234 e. The number of hydrogen-bond acceptors (Lipinski definition) is 5. The third-order valence-electron chi connectivity index (χ3n) is 4.10. The number of hydrogen-bond donors (Lipinski definition) is 1. The van der Waals surface area contributed by atoms with Crippen molar-refractivity contribution >= 4 is 5.91 Å². The van der Waals surface area contributed by atoms with Crippen molar-refractivity contribution in [3.63, 3.8) is 0 Å². The van der Waals surface area contributed by atoms with Crippen LogP contribution in [0, 0.1) is 6.92 Å². The summed E-state index contributed by atoms with van der Waals surface area (Å²) >= 11 is 0. The predicted octanol–water partition coefficient (Wildman–Crippen LogP) is 0.438. The highest BCUT2D eigenvalue weighted by molar-refractivity contribution is 5.78. The predicted molar refractivity (Wildman–Crippen MR) is 77.7 cm³/mol. The lowest BCUT2D eigenvalue weighted by atomic mass is 10.1. The Bertz CT molecular complexity index is 514. The molecule has 3 heterocycles. The van der Waals surface area contributed by atoms with Crippen LogP contribution >= 0.6 is 0 Å². The number of fused-ring (bicyclic) bond motifs is 1. The molecule has 2 aliphatic heterocycles. The molecule has 0 radical (unpaired) electrons. The molecule has 1 aromatic rings. The average Bonchev–Trinajstić information content (AvgIpc) is 2.47. The van der Waals surface area contributed by atoms with Crippen molar-refractivity contribution in [2.45, 2.75) is 38.8 Å². The van der Waals surface area contributed by atoms with Crippen LogP contribution in [0.25, 0.3) is 0 Å². The van der Waals surface area contributed by atoms with Gasteiger partial charge in [-0.3, -0.25) is 9.69 Å². The molecule has 1 saturated heterocycles. The van der Waals surface area contributed by atoms with E-state index in [0.29, 0.717) is 6.54 Å². The van der Waals surface area contributed by atoms with Gasteiger partial charge in [-0.1, -0.05) is 0 Å². The molecule has 0 spiro atoms. The summed E-state index contributed by atoms with van der Waals surface area (Å²) in [5, 5.41) is 3.11. The molecular weight excluding hydrogens is 268 g/mol. The van der Waals surface area contributed by atoms with E-state index in [9.17, 15) is 4.79 Å². The number of nitrogens with one attached hydrogen (secondary N) is 1. The molecule has 0 aliphatic carbocycles. The summed E-state index contributed by atoms with van der Waals surface area (Å²) in [5.74, 6) is 0.901. The summed E-state index contributed by atoms with van der Waals surface area (Å²) in [4.78, 5) is 23.0. The van der Waals surface area contributed by atoms with Crippen LogP contribution in [-0.4, -0.2) is 53.1 Å². The monoisotopic (exact) mass is 290 g/mol. The molecule has 1 N–H and O–H groups in total. The van der Waals surface area contributed by atoms with E-state index < -0.39 is 0 Å². The van der Waals surface area contributed by atoms with Crippen molar-refractivity contribution in [2.75, 3.05) is 26.3 Å². The zero-order valence-corrected chi connectivity index (χ0v) is 12.5. The van der Waals surface area contributed by atoms with Gasteiger partial charge < -0.3 is 10.1 Å². The van der Waals surface area contributed by atoms with E-state index in [1.54, 1.807) is 0 Å². The van der Waals surface area contributed by atoms with Crippen molar-refractivity contribution in [1.29, 1.82) is 0 Å². The first-order chi connectivity index (χ1) is 10.2. The number of carbonyl (C=O) groups is 1. The zero-order chi connectivity index (χ0) is 14.7. The minimum absolute atomic E-state index is 0.108. The average molecular weight is 290 g/mol.